The number of hydrogen-bond donors (Lipinski definition) is 1. The van der Waals surface area contributed by atoms with Gasteiger partial charge in [-0.2, -0.15) is 13.2 Å². The molecule has 2 rings (SSSR count). The third-order valence-corrected chi connectivity index (χ3v) is 3.66. The second-order valence-corrected chi connectivity index (χ2v) is 4.74. The molecule has 0 amide bonds. The molecule has 0 aliphatic heterocycles. The highest BCUT2D eigenvalue weighted by Crippen LogP contribution is 2.42. The summed E-state index contributed by atoms with van der Waals surface area (Å²) in [6.07, 6.45) is -1.97. The molecule has 0 saturated heterocycles. The molecular formula is C13H14F3NO. The zero-order chi connectivity index (χ0) is 13.4. The number of benzene rings is 1. The first-order chi connectivity index (χ1) is 8.39. The van der Waals surface area contributed by atoms with Crippen LogP contribution in [0.3, 0.4) is 0 Å². The van der Waals surface area contributed by atoms with Crippen molar-refractivity contribution in [1.29, 1.82) is 0 Å². The maximum Gasteiger partial charge on any atom is 0.416 e. The zero-order valence-electron chi connectivity index (χ0n) is 9.76. The van der Waals surface area contributed by atoms with Crippen LogP contribution in [0.5, 0.6) is 0 Å². The minimum Gasteiger partial charge on any atom is -0.329 e. The molecule has 1 aromatic rings. The number of carbonyl (C=O) groups is 1. The summed E-state index contributed by atoms with van der Waals surface area (Å²) in [6, 6.07) is 4.36. The highest BCUT2D eigenvalue weighted by atomic mass is 19.4. The second kappa shape index (κ2) is 4.39. The minimum atomic E-state index is -4.37. The van der Waals surface area contributed by atoms with E-state index in [2.05, 4.69) is 0 Å². The van der Waals surface area contributed by atoms with Crippen molar-refractivity contribution in [2.45, 2.75) is 25.4 Å². The van der Waals surface area contributed by atoms with Crippen LogP contribution in [-0.2, 0) is 6.18 Å². The monoisotopic (exact) mass is 257 g/mol. The minimum absolute atomic E-state index is 0.134. The number of alkyl halides is 3. The highest BCUT2D eigenvalue weighted by Gasteiger charge is 2.43. The SMILES string of the molecule is NCC1(C(=O)c2ccc(C(F)(F)F)cc2)CCC1. The molecule has 0 radical (unpaired) electrons. The summed E-state index contributed by atoms with van der Waals surface area (Å²) in [5.74, 6) is -0.134. The molecule has 1 saturated carbocycles. The van der Waals surface area contributed by atoms with Crippen LogP contribution in [-0.4, -0.2) is 12.3 Å². The first-order valence-corrected chi connectivity index (χ1v) is 5.81. The van der Waals surface area contributed by atoms with Crippen LogP contribution in [0, 0.1) is 5.41 Å². The summed E-state index contributed by atoms with van der Waals surface area (Å²) < 4.78 is 37.2. The molecule has 1 aliphatic rings. The predicted molar refractivity (Wildman–Crippen MR) is 61.1 cm³/mol. The number of Topliss-reactive ketones (excluding diaryl/α,β-unsaturated/α-hetero) is 1. The van der Waals surface area contributed by atoms with E-state index in [1.807, 2.05) is 0 Å². The van der Waals surface area contributed by atoms with E-state index in [4.69, 9.17) is 5.73 Å². The Morgan fingerprint density at radius 1 is 1.22 bits per heavy atom. The fourth-order valence-corrected chi connectivity index (χ4v) is 2.24. The summed E-state index contributed by atoms with van der Waals surface area (Å²) >= 11 is 0. The summed E-state index contributed by atoms with van der Waals surface area (Å²) in [5.41, 5.74) is 4.64. The van der Waals surface area contributed by atoms with Gasteiger partial charge >= 0.3 is 6.18 Å². The first-order valence-electron chi connectivity index (χ1n) is 5.81. The standard InChI is InChI=1S/C13H14F3NO/c14-13(15,16)10-4-2-9(3-5-10)11(18)12(8-17)6-1-7-12/h2-5H,1,6-8,17H2. The molecule has 2 N–H and O–H groups in total. The number of halogens is 3. The maximum atomic E-state index is 12.4. The molecule has 98 valence electrons. The van der Waals surface area contributed by atoms with Crippen LogP contribution in [0.4, 0.5) is 13.2 Å². The highest BCUT2D eigenvalue weighted by molar-refractivity contribution is 6.01. The average Bonchev–Trinajstić information content (AvgIpc) is 2.27. The lowest BCUT2D eigenvalue weighted by Crippen LogP contribution is -2.44. The number of hydrogen-bond acceptors (Lipinski definition) is 2. The first kappa shape index (κ1) is 13.1. The van der Waals surface area contributed by atoms with Gasteiger partial charge in [0.15, 0.2) is 5.78 Å². The van der Waals surface area contributed by atoms with Gasteiger partial charge in [-0.25, -0.2) is 0 Å². The van der Waals surface area contributed by atoms with E-state index in [1.165, 1.54) is 12.1 Å². The fraction of sp³-hybridized carbons (Fsp3) is 0.462. The van der Waals surface area contributed by atoms with Crippen molar-refractivity contribution in [3.63, 3.8) is 0 Å². The van der Waals surface area contributed by atoms with Crippen LogP contribution in [0.15, 0.2) is 24.3 Å². The molecular weight excluding hydrogens is 243 g/mol. The van der Waals surface area contributed by atoms with Crippen molar-refractivity contribution >= 4 is 5.78 Å². The Morgan fingerprint density at radius 2 is 1.78 bits per heavy atom. The third-order valence-electron chi connectivity index (χ3n) is 3.66. The van der Waals surface area contributed by atoms with E-state index in [0.717, 1.165) is 31.4 Å². The van der Waals surface area contributed by atoms with E-state index in [9.17, 15) is 18.0 Å². The Balaban J connectivity index is 2.22. The lowest BCUT2D eigenvalue weighted by Gasteiger charge is -2.39. The molecule has 0 bridgehead atoms. The smallest absolute Gasteiger partial charge is 0.329 e. The van der Waals surface area contributed by atoms with Crippen LogP contribution in [0.1, 0.15) is 35.2 Å². The molecule has 1 aliphatic carbocycles. The van der Waals surface area contributed by atoms with Gasteiger partial charge in [0.1, 0.15) is 0 Å². The lowest BCUT2D eigenvalue weighted by molar-refractivity contribution is -0.137. The Labute approximate surface area is 103 Å². The van der Waals surface area contributed by atoms with E-state index < -0.39 is 17.2 Å². The number of ketones is 1. The lowest BCUT2D eigenvalue weighted by atomic mass is 9.64. The van der Waals surface area contributed by atoms with E-state index in [-0.39, 0.29) is 12.3 Å². The molecule has 1 aromatic carbocycles. The van der Waals surface area contributed by atoms with Crippen molar-refractivity contribution in [1.82, 2.24) is 0 Å². The van der Waals surface area contributed by atoms with Crippen molar-refractivity contribution in [2.24, 2.45) is 11.1 Å². The Hall–Kier alpha value is -1.36. The maximum absolute atomic E-state index is 12.4. The van der Waals surface area contributed by atoms with Crippen LogP contribution >= 0.6 is 0 Å². The van der Waals surface area contributed by atoms with Gasteiger partial charge < -0.3 is 5.73 Å². The molecule has 5 heteroatoms. The summed E-state index contributed by atoms with van der Waals surface area (Å²) in [5, 5.41) is 0. The van der Waals surface area contributed by atoms with Crippen LogP contribution < -0.4 is 5.73 Å². The van der Waals surface area contributed by atoms with E-state index in [1.54, 1.807) is 0 Å². The van der Waals surface area contributed by atoms with E-state index in [0.29, 0.717) is 5.56 Å². The molecule has 2 nitrogen and oxygen atoms in total. The molecule has 0 spiro atoms. The van der Waals surface area contributed by atoms with Crippen LogP contribution in [0.2, 0.25) is 0 Å². The second-order valence-electron chi connectivity index (χ2n) is 4.74. The molecule has 1 fully saturated rings. The van der Waals surface area contributed by atoms with Gasteiger partial charge in [-0.15, -0.1) is 0 Å². The Kier molecular flexibility index (Phi) is 3.19. The van der Waals surface area contributed by atoms with Crippen molar-refractivity contribution < 1.29 is 18.0 Å². The normalized spacial score (nSPS) is 18.2. The van der Waals surface area contributed by atoms with Gasteiger partial charge in [-0.3, -0.25) is 4.79 Å². The predicted octanol–water partition coefficient (Wildman–Crippen LogP) is 3.02. The fourth-order valence-electron chi connectivity index (χ4n) is 2.24. The van der Waals surface area contributed by atoms with Crippen molar-refractivity contribution in [3.8, 4) is 0 Å². The van der Waals surface area contributed by atoms with E-state index >= 15 is 0 Å². The molecule has 18 heavy (non-hydrogen) atoms. The van der Waals surface area contributed by atoms with Gasteiger partial charge in [-0.1, -0.05) is 18.6 Å². The summed E-state index contributed by atoms with van der Waals surface area (Å²) in [4.78, 5) is 12.2. The van der Waals surface area contributed by atoms with Crippen molar-refractivity contribution in [3.05, 3.63) is 35.4 Å². The summed E-state index contributed by atoms with van der Waals surface area (Å²) in [6.45, 7) is 0.257. The van der Waals surface area contributed by atoms with Crippen molar-refractivity contribution in [2.75, 3.05) is 6.54 Å². The largest absolute Gasteiger partial charge is 0.416 e. The van der Waals surface area contributed by atoms with Gasteiger partial charge in [0.25, 0.3) is 0 Å². The number of rotatable bonds is 3. The van der Waals surface area contributed by atoms with Gasteiger partial charge in [-0.05, 0) is 25.0 Å². The van der Waals surface area contributed by atoms with Crippen LogP contribution in [0.25, 0.3) is 0 Å². The Morgan fingerprint density at radius 3 is 2.11 bits per heavy atom. The molecule has 0 unspecified atom stereocenters. The topological polar surface area (TPSA) is 43.1 Å². The van der Waals surface area contributed by atoms with Gasteiger partial charge in [0.2, 0.25) is 0 Å². The van der Waals surface area contributed by atoms with Gasteiger partial charge in [0.05, 0.1) is 5.56 Å². The Bertz CT molecular complexity index is 441. The quantitative estimate of drug-likeness (QED) is 0.846. The number of nitrogens with two attached hydrogens (primary N) is 1. The average molecular weight is 257 g/mol. The molecule has 0 heterocycles. The van der Waals surface area contributed by atoms with Gasteiger partial charge in [0, 0.05) is 17.5 Å². The summed E-state index contributed by atoms with van der Waals surface area (Å²) in [7, 11) is 0. The number of carbonyl (C=O) groups excluding carboxylic acids is 1. The molecule has 0 atom stereocenters. The third kappa shape index (κ3) is 2.14. The zero-order valence-corrected chi connectivity index (χ0v) is 9.76. The molecule has 0 aromatic heterocycles.